The number of hydrogen-bond donors (Lipinski definition) is 1. The van der Waals surface area contributed by atoms with Gasteiger partial charge in [-0.25, -0.2) is 4.98 Å². The molecule has 156 valence electrons. The average molecular weight is 406 g/mol. The van der Waals surface area contributed by atoms with Crippen molar-refractivity contribution in [1.82, 2.24) is 19.7 Å². The van der Waals surface area contributed by atoms with E-state index >= 15 is 0 Å². The van der Waals surface area contributed by atoms with Gasteiger partial charge in [0.2, 0.25) is 5.88 Å². The highest BCUT2D eigenvalue weighted by molar-refractivity contribution is 6.00. The molecule has 2 aromatic heterocycles. The number of ether oxygens (including phenoxy) is 1. The van der Waals surface area contributed by atoms with Crippen molar-refractivity contribution in [2.75, 3.05) is 6.61 Å². The van der Waals surface area contributed by atoms with Crippen LogP contribution < -0.4 is 4.74 Å². The largest absolute Gasteiger partial charge is 0.471 e. The highest BCUT2D eigenvalue weighted by Gasteiger charge is 2.32. The molecule has 0 fully saturated rings. The molecule has 1 atom stereocenters. The van der Waals surface area contributed by atoms with E-state index < -0.39 is 0 Å². The smallest absolute Gasteiger partial charge is 0.260 e. The Labute approximate surface area is 175 Å². The summed E-state index contributed by atoms with van der Waals surface area (Å²) in [6, 6.07) is 10.1. The number of benzene rings is 1. The van der Waals surface area contributed by atoms with Gasteiger partial charge < -0.3 is 14.7 Å². The van der Waals surface area contributed by atoms with Gasteiger partial charge in [-0.05, 0) is 36.1 Å². The maximum absolute atomic E-state index is 13.0. The Balaban J connectivity index is 1.51. The number of aliphatic hydroxyl groups is 1. The molecule has 1 aliphatic rings. The highest BCUT2D eigenvalue weighted by atomic mass is 16.5. The standard InChI is InChI=1S/C23H26N4O3/c1-4-19(14-28)30-22-21-18(9-10-24-22)12-27(23(21)29)11-16-5-7-17(8-6-16)20-13-26(3)25-15(20)2/h5-10,13,19,28H,4,11-12,14H2,1-3H3. The average Bonchev–Trinajstić information content (AvgIpc) is 3.25. The number of hydrogen-bond acceptors (Lipinski definition) is 5. The summed E-state index contributed by atoms with van der Waals surface area (Å²) in [6.07, 6.45) is 3.94. The Kier molecular flexibility index (Phi) is 5.55. The second-order valence-electron chi connectivity index (χ2n) is 7.64. The minimum atomic E-state index is -0.366. The first-order valence-corrected chi connectivity index (χ1v) is 10.1. The molecule has 1 unspecified atom stereocenters. The van der Waals surface area contributed by atoms with Crippen LogP contribution in [0.1, 0.15) is 40.5 Å². The first kappa shape index (κ1) is 20.1. The number of nitrogens with zero attached hydrogens (tertiary/aromatic N) is 4. The molecule has 0 radical (unpaired) electrons. The fourth-order valence-corrected chi connectivity index (χ4v) is 3.79. The Morgan fingerprint density at radius 1 is 1.23 bits per heavy atom. The van der Waals surface area contributed by atoms with E-state index in [1.165, 1.54) is 0 Å². The van der Waals surface area contributed by atoms with Crippen LogP contribution in [0, 0.1) is 6.92 Å². The molecule has 4 rings (SSSR count). The van der Waals surface area contributed by atoms with Crippen LogP contribution >= 0.6 is 0 Å². The summed E-state index contributed by atoms with van der Waals surface area (Å²) >= 11 is 0. The van der Waals surface area contributed by atoms with Crippen molar-refractivity contribution in [3.63, 3.8) is 0 Å². The molecule has 0 saturated heterocycles. The molecule has 7 heteroatoms. The maximum atomic E-state index is 13.0. The van der Waals surface area contributed by atoms with Gasteiger partial charge in [0.15, 0.2) is 0 Å². The molecule has 0 saturated carbocycles. The number of carbonyl (C=O) groups is 1. The monoisotopic (exact) mass is 406 g/mol. The summed E-state index contributed by atoms with van der Waals surface area (Å²) in [5.41, 5.74) is 5.67. The molecule has 1 N–H and O–H groups in total. The van der Waals surface area contributed by atoms with Crippen molar-refractivity contribution in [3.8, 4) is 17.0 Å². The number of pyridine rings is 1. The van der Waals surface area contributed by atoms with Gasteiger partial charge in [-0.15, -0.1) is 0 Å². The van der Waals surface area contributed by atoms with E-state index in [-0.39, 0.29) is 18.6 Å². The minimum Gasteiger partial charge on any atom is -0.471 e. The van der Waals surface area contributed by atoms with Crippen LogP contribution in [-0.4, -0.2) is 43.4 Å². The third-order valence-electron chi connectivity index (χ3n) is 5.45. The van der Waals surface area contributed by atoms with Crippen LogP contribution in [-0.2, 0) is 20.1 Å². The first-order valence-electron chi connectivity index (χ1n) is 10.1. The van der Waals surface area contributed by atoms with E-state index in [4.69, 9.17) is 4.74 Å². The topological polar surface area (TPSA) is 80.5 Å². The Hall–Kier alpha value is -3.19. The van der Waals surface area contributed by atoms with Gasteiger partial charge in [0, 0.05) is 38.1 Å². The summed E-state index contributed by atoms with van der Waals surface area (Å²) in [4.78, 5) is 19.1. The summed E-state index contributed by atoms with van der Waals surface area (Å²) in [5, 5.41) is 13.8. The van der Waals surface area contributed by atoms with Gasteiger partial charge >= 0.3 is 0 Å². The van der Waals surface area contributed by atoms with E-state index in [0.717, 1.165) is 27.9 Å². The summed E-state index contributed by atoms with van der Waals surface area (Å²) in [7, 11) is 1.91. The van der Waals surface area contributed by atoms with Crippen molar-refractivity contribution < 1.29 is 14.6 Å². The Morgan fingerprint density at radius 3 is 2.63 bits per heavy atom. The second-order valence-corrected chi connectivity index (χ2v) is 7.64. The molecule has 3 aromatic rings. The Morgan fingerprint density at radius 2 is 2.00 bits per heavy atom. The predicted molar refractivity (Wildman–Crippen MR) is 113 cm³/mol. The summed E-state index contributed by atoms with van der Waals surface area (Å²) in [6.45, 7) is 4.84. The maximum Gasteiger partial charge on any atom is 0.260 e. The van der Waals surface area contributed by atoms with Crippen LogP contribution in [0.3, 0.4) is 0 Å². The van der Waals surface area contributed by atoms with E-state index in [1.807, 2.05) is 50.0 Å². The third kappa shape index (κ3) is 3.80. The highest BCUT2D eigenvalue weighted by Crippen LogP contribution is 2.31. The first-order chi connectivity index (χ1) is 14.5. The quantitative estimate of drug-likeness (QED) is 0.652. The number of aromatic nitrogens is 3. The molecule has 0 aliphatic carbocycles. The lowest BCUT2D eigenvalue weighted by molar-refractivity contribution is 0.0749. The zero-order chi connectivity index (χ0) is 21.3. The van der Waals surface area contributed by atoms with Crippen LogP contribution in [0.4, 0.5) is 0 Å². The van der Waals surface area contributed by atoms with Gasteiger partial charge in [-0.3, -0.25) is 9.48 Å². The predicted octanol–water partition coefficient (Wildman–Crippen LogP) is 3.10. The van der Waals surface area contributed by atoms with Gasteiger partial charge in [0.25, 0.3) is 5.91 Å². The lowest BCUT2D eigenvalue weighted by Gasteiger charge is -2.17. The van der Waals surface area contributed by atoms with Crippen molar-refractivity contribution in [3.05, 3.63) is 65.1 Å². The molecule has 1 aliphatic heterocycles. The molecular formula is C23H26N4O3. The van der Waals surface area contributed by atoms with Crippen LogP contribution in [0.5, 0.6) is 5.88 Å². The van der Waals surface area contributed by atoms with E-state index in [0.29, 0.717) is 31.0 Å². The van der Waals surface area contributed by atoms with Gasteiger partial charge in [0.05, 0.1) is 12.3 Å². The molecule has 30 heavy (non-hydrogen) atoms. The number of carbonyl (C=O) groups excluding carboxylic acids is 1. The van der Waals surface area contributed by atoms with Gasteiger partial charge in [-0.2, -0.15) is 5.10 Å². The zero-order valence-corrected chi connectivity index (χ0v) is 17.5. The summed E-state index contributed by atoms with van der Waals surface area (Å²) < 4.78 is 7.60. The lowest BCUT2D eigenvalue weighted by atomic mass is 10.0. The van der Waals surface area contributed by atoms with Crippen LogP contribution in [0.25, 0.3) is 11.1 Å². The SMILES string of the molecule is CCC(CO)Oc1nccc2c1C(=O)N(Cc1ccc(-c3cn(C)nc3C)cc1)C2. The minimum absolute atomic E-state index is 0.0897. The third-order valence-corrected chi connectivity index (χ3v) is 5.45. The second kappa shape index (κ2) is 8.28. The fourth-order valence-electron chi connectivity index (χ4n) is 3.79. The van der Waals surface area contributed by atoms with E-state index in [2.05, 4.69) is 22.2 Å². The van der Waals surface area contributed by atoms with Gasteiger partial charge in [-0.1, -0.05) is 31.2 Å². The molecule has 0 spiro atoms. The Bertz CT molecular complexity index is 1050. The number of amides is 1. The van der Waals surface area contributed by atoms with Gasteiger partial charge in [0.1, 0.15) is 11.7 Å². The van der Waals surface area contributed by atoms with Crippen molar-refractivity contribution >= 4 is 5.91 Å². The fraction of sp³-hybridized carbons (Fsp3) is 0.348. The molecular weight excluding hydrogens is 380 g/mol. The summed E-state index contributed by atoms with van der Waals surface area (Å²) in [5.74, 6) is 0.219. The number of aliphatic hydroxyl groups excluding tert-OH is 1. The number of rotatable bonds is 7. The molecule has 7 nitrogen and oxygen atoms in total. The van der Waals surface area contributed by atoms with E-state index in [9.17, 15) is 9.90 Å². The number of fused-ring (bicyclic) bond motifs is 1. The molecule has 1 amide bonds. The van der Waals surface area contributed by atoms with Crippen molar-refractivity contribution in [1.29, 1.82) is 0 Å². The molecule has 1 aromatic carbocycles. The van der Waals surface area contributed by atoms with Crippen LogP contribution in [0.15, 0.2) is 42.7 Å². The van der Waals surface area contributed by atoms with Crippen LogP contribution in [0.2, 0.25) is 0 Å². The zero-order valence-electron chi connectivity index (χ0n) is 17.5. The lowest BCUT2D eigenvalue weighted by Crippen LogP contribution is -2.25. The number of aryl methyl sites for hydroxylation is 2. The van der Waals surface area contributed by atoms with E-state index in [1.54, 1.807) is 11.1 Å². The van der Waals surface area contributed by atoms with Crippen molar-refractivity contribution in [2.45, 2.75) is 39.5 Å². The molecule has 3 heterocycles. The molecule has 0 bridgehead atoms. The normalized spacial score (nSPS) is 14.1. The van der Waals surface area contributed by atoms with Crippen molar-refractivity contribution in [2.24, 2.45) is 7.05 Å².